The number of likely N-dealkylation sites (tertiary alicyclic amines) is 1. The highest BCUT2D eigenvalue weighted by Crippen LogP contribution is 2.31. The molecule has 4 rings (SSSR count). The Balaban J connectivity index is 1.29. The predicted octanol–water partition coefficient (Wildman–Crippen LogP) is 3.08. The molecule has 0 radical (unpaired) electrons. The number of aromatic amines is 1. The van der Waals surface area contributed by atoms with Crippen LogP contribution in [0, 0.1) is 0 Å². The quantitative estimate of drug-likeness (QED) is 0.511. The maximum absolute atomic E-state index is 12.7. The number of para-hydroxylation sites is 2. The maximum atomic E-state index is 12.7. The number of nitrogens with one attached hydrogen (secondary N) is 3. The van der Waals surface area contributed by atoms with Crippen LogP contribution in [0.25, 0.3) is 11.0 Å². The molecule has 0 bridgehead atoms. The van der Waals surface area contributed by atoms with Crippen LogP contribution in [0.1, 0.15) is 35.1 Å². The van der Waals surface area contributed by atoms with Gasteiger partial charge < -0.3 is 20.5 Å². The van der Waals surface area contributed by atoms with Gasteiger partial charge in [-0.3, -0.25) is 14.4 Å². The number of nitrogens with zero attached hydrogens (tertiary/aromatic N) is 2. The fourth-order valence-electron chi connectivity index (χ4n) is 3.75. The van der Waals surface area contributed by atoms with E-state index in [1.54, 1.807) is 4.90 Å². The lowest BCUT2D eigenvalue weighted by atomic mass is 10.2. The lowest BCUT2D eigenvalue weighted by Crippen LogP contribution is -2.43. The Kier molecular flexibility index (Phi) is 6.62. The van der Waals surface area contributed by atoms with Crippen molar-refractivity contribution in [1.29, 1.82) is 0 Å². The summed E-state index contributed by atoms with van der Waals surface area (Å²) in [5.41, 5.74) is 1.99. The Hall–Kier alpha value is -3.10. The Morgan fingerprint density at radius 1 is 1.09 bits per heavy atom. The zero-order valence-electron chi connectivity index (χ0n) is 17.0. The third kappa shape index (κ3) is 4.87. The van der Waals surface area contributed by atoms with Crippen molar-refractivity contribution in [3.8, 4) is 0 Å². The summed E-state index contributed by atoms with van der Waals surface area (Å²) >= 11 is 11.8. The van der Waals surface area contributed by atoms with Crippen LogP contribution in [0.5, 0.6) is 0 Å². The van der Waals surface area contributed by atoms with Crippen LogP contribution in [0.15, 0.2) is 42.5 Å². The highest BCUT2D eigenvalue weighted by Gasteiger charge is 2.32. The molecule has 2 aromatic carbocycles. The first-order valence-electron chi connectivity index (χ1n) is 10.2. The van der Waals surface area contributed by atoms with Gasteiger partial charge in [0.25, 0.3) is 5.91 Å². The van der Waals surface area contributed by atoms with Gasteiger partial charge in [0.2, 0.25) is 11.8 Å². The third-order valence-corrected chi connectivity index (χ3v) is 5.87. The molecule has 32 heavy (non-hydrogen) atoms. The number of imidazole rings is 1. The minimum atomic E-state index is -0.502. The Labute approximate surface area is 194 Å². The standard InChI is InChI=1S/C22H21Cl2N5O3/c23-13-7-8-14(15(24)10-13)22(32)26-11-19(30)25-12-20(31)29-9-3-6-18(29)21-27-16-4-1-2-5-17(16)28-21/h1-2,4-5,7-8,10,18H,3,6,9,11-12H2,(H,25,30)(H,26,32)(H,27,28)/t18-/m0/s1. The van der Waals surface area contributed by atoms with E-state index >= 15 is 0 Å². The fraction of sp³-hybridized carbons (Fsp3) is 0.273. The molecule has 0 spiro atoms. The summed E-state index contributed by atoms with van der Waals surface area (Å²) in [6.45, 7) is 0.160. The van der Waals surface area contributed by atoms with E-state index in [4.69, 9.17) is 23.2 Å². The van der Waals surface area contributed by atoms with E-state index in [0.717, 1.165) is 29.7 Å². The highest BCUT2D eigenvalue weighted by molar-refractivity contribution is 6.36. The monoisotopic (exact) mass is 473 g/mol. The maximum Gasteiger partial charge on any atom is 0.253 e. The van der Waals surface area contributed by atoms with Gasteiger partial charge in [-0.1, -0.05) is 35.3 Å². The van der Waals surface area contributed by atoms with E-state index in [-0.39, 0.29) is 35.6 Å². The largest absolute Gasteiger partial charge is 0.345 e. The van der Waals surface area contributed by atoms with E-state index in [9.17, 15) is 14.4 Å². The molecule has 1 aliphatic heterocycles. The van der Waals surface area contributed by atoms with Gasteiger partial charge in [0.1, 0.15) is 5.82 Å². The summed E-state index contributed by atoms with van der Waals surface area (Å²) in [5.74, 6) is -0.433. The van der Waals surface area contributed by atoms with Gasteiger partial charge in [-0.25, -0.2) is 4.98 Å². The van der Waals surface area contributed by atoms with E-state index in [1.807, 2.05) is 24.3 Å². The average molecular weight is 474 g/mol. The molecular weight excluding hydrogens is 453 g/mol. The van der Waals surface area contributed by atoms with Crippen molar-refractivity contribution in [3.05, 3.63) is 63.9 Å². The average Bonchev–Trinajstić information content (AvgIpc) is 3.42. The Bertz CT molecular complexity index is 1150. The first kappa shape index (κ1) is 22.1. The molecule has 1 fully saturated rings. The predicted molar refractivity (Wildman–Crippen MR) is 122 cm³/mol. The molecule has 1 aromatic heterocycles. The van der Waals surface area contributed by atoms with Crippen molar-refractivity contribution in [2.24, 2.45) is 0 Å². The SMILES string of the molecule is O=C(CNC(=O)c1ccc(Cl)cc1Cl)NCC(=O)N1CCC[C@H]1c1nc2ccccc2[nH]1. The zero-order valence-corrected chi connectivity index (χ0v) is 18.5. The summed E-state index contributed by atoms with van der Waals surface area (Å²) in [6, 6.07) is 12.0. The lowest BCUT2D eigenvalue weighted by Gasteiger charge is -2.23. The number of rotatable bonds is 6. The summed E-state index contributed by atoms with van der Waals surface area (Å²) in [7, 11) is 0. The minimum absolute atomic E-state index is 0.154. The van der Waals surface area contributed by atoms with Crippen LogP contribution in [-0.2, 0) is 9.59 Å². The molecule has 3 N–H and O–H groups in total. The van der Waals surface area contributed by atoms with Gasteiger partial charge in [0.05, 0.1) is 40.8 Å². The molecule has 0 unspecified atom stereocenters. The third-order valence-electron chi connectivity index (χ3n) is 5.32. The van der Waals surface area contributed by atoms with Crippen LogP contribution in [0.2, 0.25) is 10.0 Å². The number of hydrogen-bond acceptors (Lipinski definition) is 4. The Morgan fingerprint density at radius 2 is 1.91 bits per heavy atom. The topological polar surface area (TPSA) is 107 Å². The molecule has 10 heteroatoms. The van der Waals surface area contributed by atoms with Crippen LogP contribution in [0.4, 0.5) is 0 Å². The van der Waals surface area contributed by atoms with Gasteiger partial charge in [-0.05, 0) is 43.2 Å². The molecule has 1 saturated heterocycles. The number of fused-ring (bicyclic) bond motifs is 1. The van der Waals surface area contributed by atoms with Crippen molar-refractivity contribution in [1.82, 2.24) is 25.5 Å². The van der Waals surface area contributed by atoms with E-state index in [2.05, 4.69) is 20.6 Å². The molecule has 0 aliphatic carbocycles. The molecule has 8 nitrogen and oxygen atoms in total. The molecular formula is C22H21Cl2N5O3. The van der Waals surface area contributed by atoms with Gasteiger partial charge in [0.15, 0.2) is 0 Å². The lowest BCUT2D eigenvalue weighted by molar-refractivity contribution is -0.133. The molecule has 3 aromatic rings. The fourth-order valence-corrected chi connectivity index (χ4v) is 4.24. The molecule has 3 amide bonds. The summed E-state index contributed by atoms with van der Waals surface area (Å²) < 4.78 is 0. The van der Waals surface area contributed by atoms with Gasteiger partial charge in [0, 0.05) is 11.6 Å². The van der Waals surface area contributed by atoms with Crippen molar-refractivity contribution >= 4 is 52.0 Å². The zero-order chi connectivity index (χ0) is 22.7. The van der Waals surface area contributed by atoms with Crippen molar-refractivity contribution in [2.75, 3.05) is 19.6 Å². The smallest absolute Gasteiger partial charge is 0.253 e. The number of H-pyrrole nitrogens is 1. The van der Waals surface area contributed by atoms with Gasteiger partial charge in [-0.15, -0.1) is 0 Å². The number of carbonyl (C=O) groups excluding carboxylic acids is 3. The van der Waals surface area contributed by atoms with Crippen LogP contribution < -0.4 is 10.6 Å². The highest BCUT2D eigenvalue weighted by atomic mass is 35.5. The first-order chi connectivity index (χ1) is 15.4. The Morgan fingerprint density at radius 3 is 2.69 bits per heavy atom. The summed E-state index contributed by atoms with van der Waals surface area (Å²) in [4.78, 5) is 46.7. The molecule has 1 atom stereocenters. The number of amides is 3. The number of halogens is 2. The molecule has 2 heterocycles. The second kappa shape index (κ2) is 9.58. The van der Waals surface area contributed by atoms with Crippen LogP contribution >= 0.6 is 23.2 Å². The van der Waals surface area contributed by atoms with Crippen molar-refractivity contribution in [3.63, 3.8) is 0 Å². The summed E-state index contributed by atoms with van der Waals surface area (Å²) in [5, 5.41) is 5.64. The number of aromatic nitrogens is 2. The first-order valence-corrected chi connectivity index (χ1v) is 10.9. The normalized spacial score (nSPS) is 15.7. The van der Waals surface area contributed by atoms with Gasteiger partial charge >= 0.3 is 0 Å². The summed E-state index contributed by atoms with van der Waals surface area (Å²) in [6.07, 6.45) is 1.66. The van der Waals surface area contributed by atoms with Crippen molar-refractivity contribution in [2.45, 2.75) is 18.9 Å². The second-order valence-corrected chi connectivity index (χ2v) is 8.31. The molecule has 0 saturated carbocycles. The second-order valence-electron chi connectivity index (χ2n) is 7.47. The van der Waals surface area contributed by atoms with Crippen molar-refractivity contribution < 1.29 is 14.4 Å². The van der Waals surface area contributed by atoms with Crippen LogP contribution in [-0.4, -0.2) is 52.2 Å². The van der Waals surface area contributed by atoms with E-state index in [1.165, 1.54) is 18.2 Å². The minimum Gasteiger partial charge on any atom is -0.345 e. The van der Waals surface area contributed by atoms with Gasteiger partial charge in [-0.2, -0.15) is 0 Å². The van der Waals surface area contributed by atoms with E-state index < -0.39 is 11.8 Å². The van der Waals surface area contributed by atoms with E-state index in [0.29, 0.717) is 11.6 Å². The number of hydrogen-bond donors (Lipinski definition) is 3. The molecule has 166 valence electrons. The molecule has 1 aliphatic rings. The van der Waals surface area contributed by atoms with Crippen LogP contribution in [0.3, 0.4) is 0 Å². The number of benzene rings is 2. The number of carbonyl (C=O) groups is 3.